The second-order valence-electron chi connectivity index (χ2n) is 3.18. The topological polar surface area (TPSA) is 63.9 Å². The Labute approximate surface area is 74.8 Å². The number of nitrogens with zero attached hydrogens (tertiary/aromatic N) is 1. The molecule has 0 rings (SSSR count). The highest BCUT2D eigenvalue weighted by Crippen LogP contribution is 2.02. The summed E-state index contributed by atoms with van der Waals surface area (Å²) >= 11 is 0. The maximum Gasteiger partial charge on any atom is 0.492 e. The predicted molar refractivity (Wildman–Crippen MR) is 49.6 cm³/mol. The lowest BCUT2D eigenvalue weighted by Crippen LogP contribution is -2.35. The molecule has 0 aromatic heterocycles. The maximum atomic E-state index is 8.69. The lowest BCUT2D eigenvalue weighted by Gasteiger charge is -2.16. The van der Waals surface area contributed by atoms with Crippen LogP contribution in [0, 0.1) is 0 Å². The van der Waals surface area contributed by atoms with Crippen LogP contribution in [0.25, 0.3) is 0 Å². The highest BCUT2D eigenvalue weighted by atomic mass is 28.4. The molecule has 0 radical (unpaired) electrons. The second kappa shape index (κ2) is 5.66. The van der Waals surface area contributed by atoms with E-state index in [9.17, 15) is 0 Å². The number of hydrogen-bond acceptors (Lipinski definition) is 4. The summed E-state index contributed by atoms with van der Waals surface area (Å²) in [5, 5.41) is 0. The summed E-state index contributed by atoms with van der Waals surface area (Å²) in [5.74, 6) is 0. The van der Waals surface area contributed by atoms with Gasteiger partial charge in [-0.15, -0.1) is 0 Å². The highest BCUT2D eigenvalue weighted by molar-refractivity contribution is 6.56. The van der Waals surface area contributed by atoms with E-state index >= 15 is 0 Å². The van der Waals surface area contributed by atoms with E-state index in [0.717, 1.165) is 19.5 Å². The van der Waals surface area contributed by atoms with Gasteiger partial charge in [0.25, 0.3) is 0 Å². The first kappa shape index (κ1) is 12.1. The molecule has 4 nitrogen and oxygen atoms in total. The van der Waals surface area contributed by atoms with E-state index in [4.69, 9.17) is 14.4 Å². The van der Waals surface area contributed by atoms with E-state index in [-0.39, 0.29) is 6.04 Å². The minimum atomic E-state index is -3.77. The second-order valence-corrected chi connectivity index (χ2v) is 5.23. The van der Waals surface area contributed by atoms with E-state index in [1.807, 2.05) is 7.05 Å². The van der Waals surface area contributed by atoms with E-state index in [2.05, 4.69) is 11.8 Å². The molecule has 0 fully saturated rings. The lowest BCUT2D eigenvalue weighted by molar-refractivity contribution is 0.222. The van der Waals surface area contributed by atoms with Crippen LogP contribution < -0.4 is 0 Å². The first-order valence-electron chi connectivity index (χ1n) is 4.31. The van der Waals surface area contributed by atoms with E-state index in [1.165, 1.54) is 0 Å². The molecule has 5 heteroatoms. The molecule has 0 aromatic carbocycles. The van der Waals surface area contributed by atoms with Crippen LogP contribution >= 0.6 is 0 Å². The van der Waals surface area contributed by atoms with Gasteiger partial charge in [0.1, 0.15) is 0 Å². The van der Waals surface area contributed by atoms with Gasteiger partial charge in [0, 0.05) is 6.04 Å². The third kappa shape index (κ3) is 8.16. The first-order chi connectivity index (χ1) is 5.45. The molecule has 0 heterocycles. The first-order valence-corrected chi connectivity index (χ1v) is 6.36. The van der Waals surface area contributed by atoms with E-state index in [0.29, 0.717) is 6.42 Å². The SMILES string of the molecule is CCCN(C)CCC[Si](O)(O)O. The van der Waals surface area contributed by atoms with Crippen molar-refractivity contribution in [1.82, 2.24) is 4.90 Å². The van der Waals surface area contributed by atoms with Crippen molar-refractivity contribution >= 4 is 8.80 Å². The molecule has 0 aliphatic carbocycles. The molecule has 0 saturated heterocycles. The van der Waals surface area contributed by atoms with Gasteiger partial charge in [-0.05, 0) is 33.0 Å². The van der Waals surface area contributed by atoms with Crippen LogP contribution in [0.3, 0.4) is 0 Å². The molecule has 74 valence electrons. The number of rotatable bonds is 6. The fraction of sp³-hybridized carbons (Fsp3) is 1.00. The molecule has 12 heavy (non-hydrogen) atoms. The Morgan fingerprint density at radius 2 is 1.75 bits per heavy atom. The molecule has 0 aliphatic rings. The van der Waals surface area contributed by atoms with Gasteiger partial charge in [-0.3, -0.25) is 0 Å². The zero-order valence-corrected chi connectivity index (χ0v) is 8.82. The van der Waals surface area contributed by atoms with Crippen LogP contribution in [0.15, 0.2) is 0 Å². The molecule has 0 unspecified atom stereocenters. The molecule has 0 saturated carbocycles. The van der Waals surface area contributed by atoms with Crippen LogP contribution in [0.4, 0.5) is 0 Å². The van der Waals surface area contributed by atoms with Crippen LogP contribution in [-0.2, 0) is 0 Å². The molecule has 0 bridgehead atoms. The Bertz CT molecular complexity index is 116. The van der Waals surface area contributed by atoms with Crippen molar-refractivity contribution < 1.29 is 14.4 Å². The summed E-state index contributed by atoms with van der Waals surface area (Å²) in [5.41, 5.74) is 0. The summed E-state index contributed by atoms with van der Waals surface area (Å²) < 4.78 is 0. The molecule has 0 atom stereocenters. The van der Waals surface area contributed by atoms with Crippen LogP contribution in [-0.4, -0.2) is 48.2 Å². The van der Waals surface area contributed by atoms with E-state index < -0.39 is 8.80 Å². The minimum absolute atomic E-state index is 0.140. The summed E-state index contributed by atoms with van der Waals surface area (Å²) in [6, 6.07) is 0.140. The molecule has 0 amide bonds. The fourth-order valence-corrected chi connectivity index (χ4v) is 1.71. The monoisotopic (exact) mass is 193 g/mol. The lowest BCUT2D eigenvalue weighted by atomic mass is 10.4. The van der Waals surface area contributed by atoms with Crippen molar-refractivity contribution in [1.29, 1.82) is 0 Å². The van der Waals surface area contributed by atoms with Crippen molar-refractivity contribution in [2.75, 3.05) is 20.1 Å². The molecule has 0 spiro atoms. The smallest absolute Gasteiger partial charge is 0.390 e. The third-order valence-corrected chi connectivity index (χ3v) is 2.68. The Balaban J connectivity index is 3.31. The van der Waals surface area contributed by atoms with Crippen molar-refractivity contribution in [3.63, 3.8) is 0 Å². The van der Waals surface area contributed by atoms with Gasteiger partial charge in [-0.1, -0.05) is 6.92 Å². The van der Waals surface area contributed by atoms with Crippen LogP contribution in [0.5, 0.6) is 0 Å². The van der Waals surface area contributed by atoms with Crippen molar-refractivity contribution in [2.45, 2.75) is 25.8 Å². The molecular weight excluding hydrogens is 174 g/mol. The predicted octanol–water partition coefficient (Wildman–Crippen LogP) is -0.366. The summed E-state index contributed by atoms with van der Waals surface area (Å²) in [6.07, 6.45) is 1.74. The minimum Gasteiger partial charge on any atom is -0.390 e. The van der Waals surface area contributed by atoms with Gasteiger partial charge in [-0.25, -0.2) is 0 Å². The summed E-state index contributed by atoms with van der Waals surface area (Å²) in [7, 11) is -1.79. The van der Waals surface area contributed by atoms with Crippen LogP contribution in [0.1, 0.15) is 19.8 Å². The van der Waals surface area contributed by atoms with E-state index in [1.54, 1.807) is 0 Å². The Morgan fingerprint density at radius 3 is 2.17 bits per heavy atom. The van der Waals surface area contributed by atoms with Gasteiger partial charge in [0.2, 0.25) is 0 Å². The molecule has 0 aliphatic heterocycles. The maximum absolute atomic E-state index is 8.69. The van der Waals surface area contributed by atoms with Crippen molar-refractivity contribution in [3.8, 4) is 0 Å². The van der Waals surface area contributed by atoms with Crippen molar-refractivity contribution in [2.24, 2.45) is 0 Å². The molecule has 3 N–H and O–H groups in total. The quantitative estimate of drug-likeness (QED) is 0.504. The third-order valence-electron chi connectivity index (χ3n) is 1.66. The average molecular weight is 193 g/mol. The largest absolute Gasteiger partial charge is 0.492 e. The van der Waals surface area contributed by atoms with Crippen LogP contribution in [0.2, 0.25) is 6.04 Å². The zero-order chi connectivity index (χ0) is 9.61. The summed E-state index contributed by atoms with van der Waals surface area (Å²) in [4.78, 5) is 28.2. The summed E-state index contributed by atoms with van der Waals surface area (Å²) in [6.45, 7) is 3.92. The molecular formula is C7H19NO3Si. The average Bonchev–Trinajstić information content (AvgIpc) is 1.84. The Morgan fingerprint density at radius 1 is 1.17 bits per heavy atom. The van der Waals surface area contributed by atoms with Gasteiger partial charge in [-0.2, -0.15) is 0 Å². The van der Waals surface area contributed by atoms with Gasteiger partial charge >= 0.3 is 8.80 Å². The Hall–Kier alpha value is 0.0569. The number of hydrogen-bond donors (Lipinski definition) is 3. The zero-order valence-electron chi connectivity index (χ0n) is 7.82. The molecule has 0 aromatic rings. The van der Waals surface area contributed by atoms with Gasteiger partial charge in [0.05, 0.1) is 0 Å². The fourth-order valence-electron chi connectivity index (χ4n) is 1.08. The standard InChI is InChI=1S/C7H19NO3Si/c1-3-5-8(2)6-4-7-12(9,10)11/h9-11H,3-7H2,1-2H3. The van der Waals surface area contributed by atoms with Gasteiger partial charge < -0.3 is 19.3 Å². The highest BCUT2D eigenvalue weighted by Gasteiger charge is 2.25. The van der Waals surface area contributed by atoms with Gasteiger partial charge in [0.15, 0.2) is 0 Å². The van der Waals surface area contributed by atoms with Crippen molar-refractivity contribution in [3.05, 3.63) is 0 Å². The Kier molecular flexibility index (Phi) is 5.69. The normalized spacial score (nSPS) is 12.5.